The molecule has 7 nitrogen and oxygen atoms in total. The molecule has 1 N–H and O–H groups in total. The number of rotatable bonds is 8. The average molecular weight is 455 g/mol. The summed E-state index contributed by atoms with van der Waals surface area (Å²) in [6.45, 7) is 2.16. The zero-order chi connectivity index (χ0) is 23.3. The van der Waals surface area contributed by atoms with Crippen molar-refractivity contribution in [2.24, 2.45) is 0 Å². The second-order valence-electron chi connectivity index (χ2n) is 7.34. The molecule has 0 aromatic heterocycles. The molecular weight excluding hydrogens is 428 g/mol. The quantitative estimate of drug-likeness (QED) is 0.554. The molecule has 0 aliphatic heterocycles. The Morgan fingerprint density at radius 2 is 1.72 bits per heavy atom. The number of aryl methyl sites for hydroxylation is 1. The highest BCUT2D eigenvalue weighted by Crippen LogP contribution is 2.26. The Bertz CT molecular complexity index is 1220. The average Bonchev–Trinajstić information content (AvgIpc) is 2.78. The zero-order valence-corrected chi connectivity index (χ0v) is 19.3. The molecule has 3 aromatic rings. The van der Waals surface area contributed by atoms with Crippen molar-refractivity contribution in [1.82, 2.24) is 4.90 Å². The van der Waals surface area contributed by atoms with E-state index in [4.69, 9.17) is 9.47 Å². The number of nitrogens with zero attached hydrogens (tertiary/aromatic N) is 1. The van der Waals surface area contributed by atoms with Gasteiger partial charge in [0.1, 0.15) is 11.5 Å². The fourth-order valence-electron chi connectivity index (χ4n) is 3.25. The molecule has 0 saturated heterocycles. The minimum absolute atomic E-state index is 0.0142. The van der Waals surface area contributed by atoms with Gasteiger partial charge in [0.15, 0.2) is 0 Å². The van der Waals surface area contributed by atoms with E-state index in [1.807, 2.05) is 19.1 Å². The number of methoxy groups -OCH3 is 2. The van der Waals surface area contributed by atoms with Crippen molar-refractivity contribution in [3.63, 3.8) is 0 Å². The van der Waals surface area contributed by atoms with Crippen LogP contribution in [-0.2, 0) is 16.6 Å². The molecule has 0 aliphatic rings. The number of benzene rings is 3. The third-order valence-electron chi connectivity index (χ3n) is 4.91. The van der Waals surface area contributed by atoms with Crippen molar-refractivity contribution in [3.05, 3.63) is 83.4 Å². The van der Waals surface area contributed by atoms with Crippen LogP contribution in [0.25, 0.3) is 0 Å². The molecule has 0 spiro atoms. The van der Waals surface area contributed by atoms with Gasteiger partial charge in [-0.05, 0) is 55.0 Å². The minimum Gasteiger partial charge on any atom is -0.497 e. The van der Waals surface area contributed by atoms with Gasteiger partial charge in [0.05, 0.1) is 19.1 Å². The highest BCUT2D eigenvalue weighted by molar-refractivity contribution is 7.92. The second kappa shape index (κ2) is 9.74. The van der Waals surface area contributed by atoms with Gasteiger partial charge in [0.25, 0.3) is 15.9 Å². The van der Waals surface area contributed by atoms with E-state index in [0.29, 0.717) is 17.2 Å². The lowest BCUT2D eigenvalue weighted by atomic mass is 10.1. The number of anilines is 1. The molecule has 1 amide bonds. The smallest absolute Gasteiger partial charge is 0.261 e. The number of amides is 1. The molecule has 0 aliphatic carbocycles. The Hall–Kier alpha value is -3.52. The molecule has 0 bridgehead atoms. The number of ether oxygens (including phenoxy) is 2. The molecule has 3 aromatic carbocycles. The first-order valence-electron chi connectivity index (χ1n) is 9.89. The predicted molar refractivity (Wildman–Crippen MR) is 124 cm³/mol. The van der Waals surface area contributed by atoms with Gasteiger partial charge in [-0.1, -0.05) is 18.2 Å². The summed E-state index contributed by atoms with van der Waals surface area (Å²) in [5, 5.41) is 0. The van der Waals surface area contributed by atoms with Gasteiger partial charge in [-0.3, -0.25) is 9.52 Å². The maximum Gasteiger partial charge on any atom is 0.261 e. The van der Waals surface area contributed by atoms with Gasteiger partial charge in [0.2, 0.25) is 0 Å². The second-order valence-corrected chi connectivity index (χ2v) is 9.02. The third kappa shape index (κ3) is 5.39. The Balaban J connectivity index is 1.80. The van der Waals surface area contributed by atoms with Crippen LogP contribution >= 0.6 is 0 Å². The molecule has 168 valence electrons. The fourth-order valence-corrected chi connectivity index (χ4v) is 4.34. The van der Waals surface area contributed by atoms with Crippen LogP contribution in [0.2, 0.25) is 0 Å². The normalized spacial score (nSPS) is 11.0. The largest absolute Gasteiger partial charge is 0.497 e. The number of carbonyl (C=O) groups is 1. The lowest BCUT2D eigenvalue weighted by Crippen LogP contribution is -2.26. The first kappa shape index (κ1) is 23.1. The summed E-state index contributed by atoms with van der Waals surface area (Å²) in [5.74, 6) is 0.941. The van der Waals surface area contributed by atoms with Crippen LogP contribution in [0, 0.1) is 6.92 Å². The maximum atomic E-state index is 13.0. The molecule has 0 heterocycles. The van der Waals surface area contributed by atoms with Gasteiger partial charge >= 0.3 is 0 Å². The highest BCUT2D eigenvalue weighted by Gasteiger charge is 2.19. The van der Waals surface area contributed by atoms with Gasteiger partial charge in [-0.25, -0.2) is 8.42 Å². The Labute approximate surface area is 188 Å². The minimum atomic E-state index is -3.84. The van der Waals surface area contributed by atoms with Gasteiger partial charge in [0, 0.05) is 36.5 Å². The van der Waals surface area contributed by atoms with E-state index in [-0.39, 0.29) is 22.9 Å². The van der Waals surface area contributed by atoms with Crippen molar-refractivity contribution in [1.29, 1.82) is 0 Å². The first-order chi connectivity index (χ1) is 15.2. The molecule has 0 saturated carbocycles. The molecule has 0 atom stereocenters. The number of hydrogen-bond acceptors (Lipinski definition) is 5. The number of carbonyl (C=O) groups excluding carboxylic acids is 1. The van der Waals surface area contributed by atoms with E-state index in [1.165, 1.54) is 17.0 Å². The van der Waals surface area contributed by atoms with Crippen LogP contribution < -0.4 is 14.2 Å². The van der Waals surface area contributed by atoms with E-state index >= 15 is 0 Å². The summed E-state index contributed by atoms with van der Waals surface area (Å²) in [6, 6.07) is 18.4. The zero-order valence-electron chi connectivity index (χ0n) is 18.5. The fraction of sp³-hybridized carbons (Fsp3) is 0.208. The van der Waals surface area contributed by atoms with Crippen molar-refractivity contribution in [2.75, 3.05) is 26.0 Å². The number of hydrogen-bond donors (Lipinski definition) is 1. The third-order valence-corrected chi connectivity index (χ3v) is 6.29. The summed E-state index contributed by atoms with van der Waals surface area (Å²) in [5.41, 5.74) is 2.47. The molecule has 0 radical (unpaired) electrons. The molecule has 0 unspecified atom stereocenters. The molecular formula is C24H26N2O5S. The summed E-state index contributed by atoms with van der Waals surface area (Å²) >= 11 is 0. The molecule has 8 heteroatoms. The Morgan fingerprint density at radius 3 is 2.41 bits per heavy atom. The summed E-state index contributed by atoms with van der Waals surface area (Å²) in [4.78, 5) is 14.5. The van der Waals surface area contributed by atoms with Crippen molar-refractivity contribution in [3.8, 4) is 11.5 Å². The lowest BCUT2D eigenvalue weighted by molar-refractivity contribution is 0.0784. The topological polar surface area (TPSA) is 84.9 Å². The van der Waals surface area contributed by atoms with E-state index in [2.05, 4.69) is 4.72 Å². The van der Waals surface area contributed by atoms with Crippen molar-refractivity contribution in [2.45, 2.75) is 18.4 Å². The van der Waals surface area contributed by atoms with Crippen LogP contribution in [0.3, 0.4) is 0 Å². The van der Waals surface area contributed by atoms with Crippen LogP contribution in [-0.4, -0.2) is 40.5 Å². The van der Waals surface area contributed by atoms with Crippen LogP contribution in [0.1, 0.15) is 21.5 Å². The van der Waals surface area contributed by atoms with Crippen molar-refractivity contribution < 1.29 is 22.7 Å². The summed E-state index contributed by atoms with van der Waals surface area (Å²) in [7, 11) is 0.927. The molecule has 32 heavy (non-hydrogen) atoms. The number of nitrogens with one attached hydrogen (secondary N) is 1. The van der Waals surface area contributed by atoms with E-state index in [0.717, 1.165) is 11.1 Å². The Morgan fingerprint density at radius 1 is 0.969 bits per heavy atom. The van der Waals surface area contributed by atoms with Gasteiger partial charge in [-0.2, -0.15) is 0 Å². The summed E-state index contributed by atoms with van der Waals surface area (Å²) in [6.07, 6.45) is 0. The van der Waals surface area contributed by atoms with Crippen LogP contribution in [0.5, 0.6) is 11.5 Å². The predicted octanol–water partition coefficient (Wildman–Crippen LogP) is 4.09. The maximum absolute atomic E-state index is 13.0. The SMILES string of the molecule is COc1ccc(CN(C)C(=O)c2cccc(S(=O)(=O)Nc3cccc(C)c3)c2)c(OC)c1. The summed E-state index contributed by atoms with van der Waals surface area (Å²) < 4.78 is 38.8. The van der Waals surface area contributed by atoms with Crippen LogP contribution in [0.15, 0.2) is 71.6 Å². The van der Waals surface area contributed by atoms with Crippen LogP contribution in [0.4, 0.5) is 5.69 Å². The molecule has 3 rings (SSSR count). The lowest BCUT2D eigenvalue weighted by Gasteiger charge is -2.20. The first-order valence-corrected chi connectivity index (χ1v) is 11.4. The van der Waals surface area contributed by atoms with Gasteiger partial charge in [-0.15, -0.1) is 0 Å². The highest BCUT2D eigenvalue weighted by atomic mass is 32.2. The standard InChI is InChI=1S/C24H26N2O5S/c1-17-7-5-9-20(13-17)25-32(28,29)22-10-6-8-18(14-22)24(27)26(2)16-19-11-12-21(30-3)15-23(19)31-4/h5-15,25H,16H2,1-4H3. The number of sulfonamides is 1. The van der Waals surface area contributed by atoms with Gasteiger partial charge < -0.3 is 14.4 Å². The van der Waals surface area contributed by atoms with E-state index < -0.39 is 10.0 Å². The van der Waals surface area contributed by atoms with E-state index in [9.17, 15) is 13.2 Å². The van der Waals surface area contributed by atoms with Crippen molar-refractivity contribution >= 4 is 21.6 Å². The monoisotopic (exact) mass is 454 g/mol. The molecule has 0 fully saturated rings. The van der Waals surface area contributed by atoms with E-state index in [1.54, 1.807) is 63.7 Å². The Kier molecular flexibility index (Phi) is 7.05.